The second-order valence-corrected chi connectivity index (χ2v) is 6.93. The molecule has 3 aromatic rings. The Balaban J connectivity index is 1.32. The first-order valence-corrected chi connectivity index (χ1v) is 9.22. The number of rotatable bonds is 8. The van der Waals surface area contributed by atoms with Crippen molar-refractivity contribution < 1.29 is 14.3 Å². The fourth-order valence-electron chi connectivity index (χ4n) is 2.50. The van der Waals surface area contributed by atoms with Gasteiger partial charge in [-0.3, -0.25) is 4.79 Å². The summed E-state index contributed by atoms with van der Waals surface area (Å²) >= 11 is 1.69. The van der Waals surface area contributed by atoms with Gasteiger partial charge in [0, 0.05) is 6.42 Å². The van der Waals surface area contributed by atoms with Gasteiger partial charge < -0.3 is 9.47 Å². The van der Waals surface area contributed by atoms with Crippen LogP contribution in [0.3, 0.4) is 0 Å². The Hall–Kier alpha value is -2.40. The minimum atomic E-state index is -0.186. The van der Waals surface area contributed by atoms with Gasteiger partial charge in [-0.25, -0.2) is 4.98 Å². The number of nitrogens with zero attached hydrogens (tertiary/aromatic N) is 1. The molecule has 3 rings (SSSR count). The summed E-state index contributed by atoms with van der Waals surface area (Å²) in [6, 6.07) is 15.9. The highest BCUT2D eigenvalue weighted by Crippen LogP contribution is 2.22. The molecule has 0 unspecified atom stereocenters. The molecule has 0 bridgehead atoms. The first-order chi connectivity index (χ1) is 12.2. The van der Waals surface area contributed by atoms with E-state index in [-0.39, 0.29) is 12.6 Å². The summed E-state index contributed by atoms with van der Waals surface area (Å²) in [5.74, 6) is 0.612. The van der Waals surface area contributed by atoms with Crippen LogP contribution in [0.1, 0.15) is 23.4 Å². The van der Waals surface area contributed by atoms with Crippen LogP contribution in [-0.2, 0) is 16.0 Å². The largest absolute Gasteiger partial charge is 0.490 e. The summed E-state index contributed by atoms with van der Waals surface area (Å²) in [4.78, 5) is 16.3. The second-order valence-electron chi connectivity index (χ2n) is 5.81. The van der Waals surface area contributed by atoms with Crippen molar-refractivity contribution in [3.05, 3.63) is 59.1 Å². The molecule has 0 aliphatic rings. The van der Waals surface area contributed by atoms with Crippen molar-refractivity contribution in [1.82, 2.24) is 4.98 Å². The Morgan fingerprint density at radius 2 is 2.00 bits per heavy atom. The maximum absolute atomic E-state index is 11.8. The van der Waals surface area contributed by atoms with E-state index in [1.54, 1.807) is 11.3 Å². The maximum atomic E-state index is 11.8. The molecule has 130 valence electrons. The molecule has 0 saturated heterocycles. The van der Waals surface area contributed by atoms with E-state index in [0.29, 0.717) is 13.0 Å². The first-order valence-electron chi connectivity index (χ1n) is 8.40. The lowest BCUT2D eigenvalue weighted by atomic mass is 10.2. The van der Waals surface area contributed by atoms with Crippen LogP contribution in [0.4, 0.5) is 0 Å². The lowest BCUT2D eigenvalue weighted by Crippen LogP contribution is -2.12. The lowest BCUT2D eigenvalue weighted by molar-refractivity contribution is -0.144. The standard InChI is InChI=1S/C20H21NO3S/c1-15-6-4-7-16(14-15)23-12-13-24-20(22)11-5-10-19-21-17-8-2-3-9-18(17)25-19/h2-4,6-9,14H,5,10-13H2,1H3. The van der Waals surface area contributed by atoms with Crippen LogP contribution < -0.4 is 4.74 Å². The van der Waals surface area contributed by atoms with Gasteiger partial charge in [-0.15, -0.1) is 11.3 Å². The van der Waals surface area contributed by atoms with Crippen molar-refractivity contribution in [2.45, 2.75) is 26.2 Å². The second kappa shape index (κ2) is 8.62. The monoisotopic (exact) mass is 355 g/mol. The van der Waals surface area contributed by atoms with Crippen molar-refractivity contribution in [1.29, 1.82) is 0 Å². The van der Waals surface area contributed by atoms with E-state index in [9.17, 15) is 4.79 Å². The van der Waals surface area contributed by atoms with Crippen molar-refractivity contribution in [2.24, 2.45) is 0 Å². The molecule has 2 aromatic carbocycles. The molecule has 0 aliphatic carbocycles. The molecule has 0 aliphatic heterocycles. The molecule has 0 spiro atoms. The lowest BCUT2D eigenvalue weighted by Gasteiger charge is -2.07. The number of thiazole rings is 1. The van der Waals surface area contributed by atoms with Gasteiger partial charge in [-0.05, 0) is 49.6 Å². The average Bonchev–Trinajstić information content (AvgIpc) is 3.01. The number of aromatic nitrogens is 1. The van der Waals surface area contributed by atoms with E-state index in [1.807, 2.05) is 49.4 Å². The van der Waals surface area contributed by atoms with Gasteiger partial charge in [0.25, 0.3) is 0 Å². The summed E-state index contributed by atoms with van der Waals surface area (Å²) in [5, 5.41) is 1.07. The van der Waals surface area contributed by atoms with Crippen LogP contribution in [0.25, 0.3) is 10.2 Å². The number of para-hydroxylation sites is 1. The van der Waals surface area contributed by atoms with Crippen LogP contribution in [-0.4, -0.2) is 24.2 Å². The van der Waals surface area contributed by atoms with Gasteiger partial charge in [0.1, 0.15) is 19.0 Å². The maximum Gasteiger partial charge on any atom is 0.305 e. The van der Waals surface area contributed by atoms with Crippen LogP contribution in [0.15, 0.2) is 48.5 Å². The highest BCUT2D eigenvalue weighted by molar-refractivity contribution is 7.18. The molecule has 25 heavy (non-hydrogen) atoms. The third-order valence-electron chi connectivity index (χ3n) is 3.71. The van der Waals surface area contributed by atoms with E-state index in [0.717, 1.165) is 34.7 Å². The smallest absolute Gasteiger partial charge is 0.305 e. The highest BCUT2D eigenvalue weighted by Gasteiger charge is 2.06. The highest BCUT2D eigenvalue weighted by atomic mass is 32.1. The van der Waals surface area contributed by atoms with E-state index >= 15 is 0 Å². The van der Waals surface area contributed by atoms with Crippen LogP contribution >= 0.6 is 11.3 Å². The number of hydrogen-bond acceptors (Lipinski definition) is 5. The Labute approximate surface area is 151 Å². The molecule has 5 heteroatoms. The number of carbonyl (C=O) groups is 1. The molecule has 0 fully saturated rings. The molecule has 1 heterocycles. The van der Waals surface area contributed by atoms with Gasteiger partial charge in [0.05, 0.1) is 15.2 Å². The number of fused-ring (bicyclic) bond motifs is 1. The molecule has 0 N–H and O–H groups in total. The summed E-state index contributed by atoms with van der Waals surface area (Å²) < 4.78 is 12.0. The van der Waals surface area contributed by atoms with E-state index in [4.69, 9.17) is 9.47 Å². The molecule has 0 radical (unpaired) electrons. The molecule has 0 atom stereocenters. The predicted molar refractivity (Wildman–Crippen MR) is 100 cm³/mol. The number of benzene rings is 2. The van der Waals surface area contributed by atoms with Gasteiger partial charge in [-0.1, -0.05) is 24.3 Å². The van der Waals surface area contributed by atoms with Crippen molar-refractivity contribution in [2.75, 3.05) is 13.2 Å². The van der Waals surface area contributed by atoms with Gasteiger partial charge in [0.2, 0.25) is 0 Å². The van der Waals surface area contributed by atoms with Gasteiger partial charge >= 0.3 is 5.97 Å². The fourth-order valence-corrected chi connectivity index (χ4v) is 3.51. The molecule has 4 nitrogen and oxygen atoms in total. The zero-order valence-corrected chi connectivity index (χ0v) is 15.1. The van der Waals surface area contributed by atoms with E-state index in [1.165, 1.54) is 4.70 Å². The number of carbonyl (C=O) groups excluding carboxylic acids is 1. The number of ether oxygens (including phenoxy) is 2. The van der Waals surface area contributed by atoms with Crippen LogP contribution in [0, 0.1) is 6.92 Å². The topological polar surface area (TPSA) is 48.4 Å². The normalized spacial score (nSPS) is 10.8. The van der Waals surface area contributed by atoms with Crippen LogP contribution in [0.2, 0.25) is 0 Å². The summed E-state index contributed by atoms with van der Waals surface area (Å²) in [6.45, 7) is 2.65. The molecule has 0 amide bonds. The Kier molecular flexibility index (Phi) is 6.01. The van der Waals surface area contributed by atoms with Crippen LogP contribution in [0.5, 0.6) is 5.75 Å². The summed E-state index contributed by atoms with van der Waals surface area (Å²) in [6.07, 6.45) is 1.95. The Morgan fingerprint density at radius 3 is 2.84 bits per heavy atom. The minimum Gasteiger partial charge on any atom is -0.490 e. The van der Waals surface area contributed by atoms with E-state index in [2.05, 4.69) is 11.1 Å². The quantitative estimate of drug-likeness (QED) is 0.439. The molecular weight excluding hydrogens is 334 g/mol. The van der Waals surface area contributed by atoms with E-state index < -0.39 is 0 Å². The van der Waals surface area contributed by atoms with Crippen molar-refractivity contribution in [3.63, 3.8) is 0 Å². The third kappa shape index (κ3) is 5.29. The first kappa shape index (κ1) is 17.4. The SMILES string of the molecule is Cc1cccc(OCCOC(=O)CCCc2nc3ccccc3s2)c1. The molecule has 1 aromatic heterocycles. The van der Waals surface area contributed by atoms with Gasteiger partial charge in [-0.2, -0.15) is 0 Å². The Morgan fingerprint density at radius 1 is 1.12 bits per heavy atom. The fraction of sp³-hybridized carbons (Fsp3) is 0.300. The number of hydrogen-bond donors (Lipinski definition) is 0. The molecule has 0 saturated carbocycles. The molecular formula is C20H21NO3S. The summed E-state index contributed by atoms with van der Waals surface area (Å²) in [5.41, 5.74) is 2.17. The zero-order chi connectivity index (χ0) is 17.5. The Bertz CT molecular complexity index is 811. The predicted octanol–water partition coefficient (Wildman–Crippen LogP) is 4.55. The number of esters is 1. The average molecular weight is 355 g/mol. The third-order valence-corrected chi connectivity index (χ3v) is 4.81. The summed E-state index contributed by atoms with van der Waals surface area (Å²) in [7, 11) is 0. The van der Waals surface area contributed by atoms with Crippen molar-refractivity contribution >= 4 is 27.5 Å². The van der Waals surface area contributed by atoms with Crippen molar-refractivity contribution in [3.8, 4) is 5.75 Å². The van der Waals surface area contributed by atoms with Gasteiger partial charge in [0.15, 0.2) is 0 Å². The number of aryl methyl sites for hydroxylation is 2. The minimum absolute atomic E-state index is 0.186. The zero-order valence-electron chi connectivity index (χ0n) is 14.2.